The molecular formula is C22H24O. The molecular weight excluding hydrogens is 280 g/mol. The summed E-state index contributed by atoms with van der Waals surface area (Å²) < 4.78 is 0. The lowest BCUT2D eigenvalue weighted by Gasteiger charge is -2.18. The summed E-state index contributed by atoms with van der Waals surface area (Å²) in [4.78, 5) is 12.2. The van der Waals surface area contributed by atoms with Gasteiger partial charge in [-0.25, -0.2) is 0 Å². The topological polar surface area (TPSA) is 17.1 Å². The van der Waals surface area contributed by atoms with Crippen molar-refractivity contribution < 1.29 is 4.79 Å². The molecule has 0 N–H and O–H groups in total. The predicted octanol–water partition coefficient (Wildman–Crippen LogP) is 5.36. The standard InChI is InChI=1S/C22H24O/c1-2-21-19(13-15-22(21)18-10-6-7-11-18)12-14-20(23)16-17-8-4-3-5-9-17/h3-10,13,15,21H,2,11-12,14,16H2,1H3. The van der Waals surface area contributed by atoms with Gasteiger partial charge in [-0.15, -0.1) is 0 Å². The van der Waals surface area contributed by atoms with E-state index in [9.17, 15) is 4.79 Å². The number of rotatable bonds is 7. The molecule has 0 aromatic heterocycles. The number of carbonyl (C=O) groups is 1. The van der Waals surface area contributed by atoms with Crippen LogP contribution in [0.5, 0.6) is 0 Å². The highest BCUT2D eigenvalue weighted by atomic mass is 16.1. The Hall–Kier alpha value is -2.15. The Balaban J connectivity index is 1.53. The zero-order valence-electron chi connectivity index (χ0n) is 13.8. The average Bonchev–Trinajstić information content (AvgIpc) is 3.22. The van der Waals surface area contributed by atoms with Gasteiger partial charge in [0, 0.05) is 18.8 Å². The molecule has 23 heavy (non-hydrogen) atoms. The van der Waals surface area contributed by atoms with E-state index < -0.39 is 0 Å². The lowest BCUT2D eigenvalue weighted by atomic mass is 9.86. The van der Waals surface area contributed by atoms with Gasteiger partial charge in [0.25, 0.3) is 0 Å². The van der Waals surface area contributed by atoms with Crippen molar-refractivity contribution in [1.29, 1.82) is 0 Å². The fraction of sp³-hybridized carbons (Fsp3) is 0.318. The minimum absolute atomic E-state index is 0.335. The maximum atomic E-state index is 12.2. The van der Waals surface area contributed by atoms with E-state index in [1.165, 1.54) is 16.7 Å². The van der Waals surface area contributed by atoms with Crippen LogP contribution in [0.15, 0.2) is 77.4 Å². The van der Waals surface area contributed by atoms with Crippen LogP contribution in [-0.2, 0) is 11.2 Å². The maximum Gasteiger partial charge on any atom is 0.137 e. The van der Waals surface area contributed by atoms with Gasteiger partial charge in [0.15, 0.2) is 0 Å². The van der Waals surface area contributed by atoms with Gasteiger partial charge < -0.3 is 0 Å². The lowest BCUT2D eigenvalue weighted by Crippen LogP contribution is -2.08. The van der Waals surface area contributed by atoms with Crippen LogP contribution in [0, 0.1) is 5.92 Å². The van der Waals surface area contributed by atoms with E-state index in [0.29, 0.717) is 24.5 Å². The monoisotopic (exact) mass is 304 g/mol. The summed E-state index contributed by atoms with van der Waals surface area (Å²) in [6, 6.07) is 10.0. The van der Waals surface area contributed by atoms with Crippen molar-refractivity contribution in [3.05, 3.63) is 83.0 Å². The average molecular weight is 304 g/mol. The molecule has 118 valence electrons. The molecule has 2 aliphatic carbocycles. The first-order chi connectivity index (χ1) is 11.3. The molecule has 1 nitrogen and oxygen atoms in total. The molecule has 1 aromatic carbocycles. The zero-order chi connectivity index (χ0) is 16.1. The van der Waals surface area contributed by atoms with Crippen LogP contribution in [0.4, 0.5) is 0 Å². The van der Waals surface area contributed by atoms with Gasteiger partial charge in [-0.3, -0.25) is 4.79 Å². The summed E-state index contributed by atoms with van der Waals surface area (Å²) in [7, 11) is 0. The van der Waals surface area contributed by atoms with E-state index in [1.54, 1.807) is 0 Å². The summed E-state index contributed by atoms with van der Waals surface area (Å²) >= 11 is 0. The van der Waals surface area contributed by atoms with Gasteiger partial charge in [0.1, 0.15) is 5.78 Å². The molecule has 0 radical (unpaired) electrons. The van der Waals surface area contributed by atoms with Crippen LogP contribution < -0.4 is 0 Å². The fourth-order valence-electron chi connectivity index (χ4n) is 3.56. The smallest absolute Gasteiger partial charge is 0.137 e. The van der Waals surface area contributed by atoms with Crippen molar-refractivity contribution in [2.45, 2.75) is 39.0 Å². The van der Waals surface area contributed by atoms with Crippen molar-refractivity contribution >= 4 is 5.78 Å². The largest absolute Gasteiger partial charge is 0.299 e. The van der Waals surface area contributed by atoms with E-state index in [4.69, 9.17) is 0 Å². The van der Waals surface area contributed by atoms with E-state index in [2.05, 4.69) is 37.3 Å². The van der Waals surface area contributed by atoms with Gasteiger partial charge in [0.05, 0.1) is 0 Å². The van der Waals surface area contributed by atoms with Crippen molar-refractivity contribution in [2.24, 2.45) is 5.92 Å². The fourth-order valence-corrected chi connectivity index (χ4v) is 3.56. The molecule has 0 spiro atoms. The van der Waals surface area contributed by atoms with Crippen LogP contribution in [-0.4, -0.2) is 5.78 Å². The molecule has 1 unspecified atom stereocenters. The molecule has 1 atom stereocenters. The van der Waals surface area contributed by atoms with Crippen molar-refractivity contribution in [3.63, 3.8) is 0 Å². The predicted molar refractivity (Wildman–Crippen MR) is 96.2 cm³/mol. The Bertz CT molecular complexity index is 686. The molecule has 0 amide bonds. The Labute approximate surface area is 139 Å². The summed E-state index contributed by atoms with van der Waals surface area (Å²) in [6.45, 7) is 2.24. The highest BCUT2D eigenvalue weighted by molar-refractivity contribution is 5.81. The number of Topliss-reactive ketones (excluding diaryl/α,β-unsaturated/α-hetero) is 1. The molecule has 3 rings (SSSR count). The van der Waals surface area contributed by atoms with E-state index in [0.717, 1.165) is 24.8 Å². The summed E-state index contributed by atoms with van der Waals surface area (Å²) in [5.74, 6) is 0.841. The first-order valence-electron chi connectivity index (χ1n) is 8.60. The molecule has 0 saturated carbocycles. The molecule has 1 heteroatoms. The van der Waals surface area contributed by atoms with Crippen LogP contribution in [0.2, 0.25) is 0 Å². The summed E-state index contributed by atoms with van der Waals surface area (Å²) in [5.41, 5.74) is 5.45. The molecule has 2 aliphatic rings. The van der Waals surface area contributed by atoms with Gasteiger partial charge >= 0.3 is 0 Å². The number of allylic oxidation sites excluding steroid dienone is 8. The molecule has 0 heterocycles. The Morgan fingerprint density at radius 2 is 1.96 bits per heavy atom. The third kappa shape index (κ3) is 3.79. The molecule has 0 fully saturated rings. The van der Waals surface area contributed by atoms with E-state index in [-0.39, 0.29) is 0 Å². The summed E-state index contributed by atoms with van der Waals surface area (Å²) in [5, 5.41) is 0. The minimum Gasteiger partial charge on any atom is -0.299 e. The molecule has 0 aliphatic heterocycles. The van der Waals surface area contributed by atoms with Gasteiger partial charge in [-0.05, 0) is 36.0 Å². The van der Waals surface area contributed by atoms with Crippen LogP contribution in [0.1, 0.15) is 38.2 Å². The van der Waals surface area contributed by atoms with Crippen LogP contribution in [0.25, 0.3) is 0 Å². The Kier molecular flexibility index (Phi) is 5.07. The zero-order valence-corrected chi connectivity index (χ0v) is 13.8. The van der Waals surface area contributed by atoms with E-state index in [1.807, 2.05) is 30.3 Å². The number of benzene rings is 1. The van der Waals surface area contributed by atoms with Crippen LogP contribution >= 0.6 is 0 Å². The number of hydrogen-bond donors (Lipinski definition) is 0. The van der Waals surface area contributed by atoms with Crippen molar-refractivity contribution in [3.8, 4) is 0 Å². The lowest BCUT2D eigenvalue weighted by molar-refractivity contribution is -0.118. The highest BCUT2D eigenvalue weighted by Crippen LogP contribution is 2.38. The summed E-state index contributed by atoms with van der Waals surface area (Å²) in [6.07, 6.45) is 15.4. The highest BCUT2D eigenvalue weighted by Gasteiger charge is 2.24. The number of carbonyl (C=O) groups excluding carboxylic acids is 1. The minimum atomic E-state index is 0.335. The Morgan fingerprint density at radius 3 is 2.65 bits per heavy atom. The second kappa shape index (κ2) is 7.41. The van der Waals surface area contributed by atoms with Crippen molar-refractivity contribution in [1.82, 2.24) is 0 Å². The number of hydrogen-bond acceptors (Lipinski definition) is 1. The second-order valence-corrected chi connectivity index (χ2v) is 6.35. The first kappa shape index (κ1) is 15.7. The molecule has 1 aromatic rings. The van der Waals surface area contributed by atoms with Gasteiger partial charge in [-0.2, -0.15) is 0 Å². The Morgan fingerprint density at radius 1 is 1.13 bits per heavy atom. The van der Waals surface area contributed by atoms with Crippen molar-refractivity contribution in [2.75, 3.05) is 0 Å². The van der Waals surface area contributed by atoms with Crippen LogP contribution in [0.3, 0.4) is 0 Å². The third-order valence-electron chi connectivity index (χ3n) is 4.79. The quantitative estimate of drug-likeness (QED) is 0.663. The maximum absolute atomic E-state index is 12.2. The molecule has 0 bridgehead atoms. The van der Waals surface area contributed by atoms with Gasteiger partial charge in [-0.1, -0.05) is 73.2 Å². The second-order valence-electron chi connectivity index (χ2n) is 6.35. The first-order valence-corrected chi connectivity index (χ1v) is 8.60. The number of ketones is 1. The molecule has 0 saturated heterocycles. The van der Waals surface area contributed by atoms with E-state index >= 15 is 0 Å². The third-order valence-corrected chi connectivity index (χ3v) is 4.79. The van der Waals surface area contributed by atoms with Gasteiger partial charge in [0.2, 0.25) is 0 Å². The SMILES string of the molecule is CCC1C(CCC(=O)Cc2ccccc2)=CC=C1C1=CC=CC1. The normalized spacial score (nSPS) is 19.5.